The maximum absolute atomic E-state index is 5.72. The molecular weight excluding hydrogens is 244 g/mol. The molecule has 0 unspecified atom stereocenters. The molecule has 1 aromatic carbocycles. The van der Waals surface area contributed by atoms with Gasteiger partial charge in [-0.05, 0) is 31.1 Å². The highest BCUT2D eigenvalue weighted by atomic mass is 32.1. The molecule has 0 aliphatic carbocycles. The molecule has 0 bridgehead atoms. The molecule has 94 valence electrons. The molecule has 0 aliphatic rings. The van der Waals surface area contributed by atoms with Gasteiger partial charge in [-0.1, -0.05) is 29.8 Å². The number of aromatic amines is 1. The fourth-order valence-electron chi connectivity index (χ4n) is 1.83. The van der Waals surface area contributed by atoms with E-state index in [0.29, 0.717) is 17.6 Å². The van der Waals surface area contributed by atoms with E-state index in [1.807, 2.05) is 0 Å². The summed E-state index contributed by atoms with van der Waals surface area (Å²) in [5.74, 6) is 0.690. The molecule has 3 N–H and O–H groups in total. The molecule has 0 amide bonds. The molecule has 0 aliphatic heterocycles. The molecule has 0 spiro atoms. The van der Waals surface area contributed by atoms with Crippen LogP contribution in [0.2, 0.25) is 0 Å². The number of nitrogens with zero attached hydrogens (tertiary/aromatic N) is 2. The fourth-order valence-corrected chi connectivity index (χ4v) is 2.01. The van der Waals surface area contributed by atoms with E-state index in [0.717, 1.165) is 6.42 Å². The number of nitrogens with two attached hydrogens (primary N) is 1. The Morgan fingerprint density at radius 1 is 1.50 bits per heavy atom. The van der Waals surface area contributed by atoms with Crippen LogP contribution >= 0.6 is 12.2 Å². The largest absolute Gasteiger partial charge is 0.376 e. The lowest BCUT2D eigenvalue weighted by Crippen LogP contribution is -2.37. The Bertz CT molecular complexity index is 522. The van der Waals surface area contributed by atoms with Crippen molar-refractivity contribution in [1.82, 2.24) is 9.97 Å². The van der Waals surface area contributed by atoms with Crippen molar-refractivity contribution in [3.63, 3.8) is 0 Å². The topological polar surface area (TPSA) is 57.9 Å². The van der Waals surface area contributed by atoms with Crippen molar-refractivity contribution in [2.24, 2.45) is 5.73 Å². The summed E-state index contributed by atoms with van der Waals surface area (Å²) in [6, 6.07) is 8.41. The third kappa shape index (κ3) is 3.07. The molecule has 1 heterocycles. The molecule has 2 aromatic rings. The lowest BCUT2D eigenvalue weighted by molar-refractivity contribution is 0.906. The summed E-state index contributed by atoms with van der Waals surface area (Å²) in [4.78, 5) is 8.99. The van der Waals surface area contributed by atoms with Gasteiger partial charge in [-0.3, -0.25) is 4.90 Å². The molecule has 0 saturated heterocycles. The van der Waals surface area contributed by atoms with Crippen LogP contribution in [0.4, 0.5) is 5.95 Å². The van der Waals surface area contributed by atoms with Gasteiger partial charge in [-0.25, -0.2) is 4.98 Å². The Kier molecular flexibility index (Phi) is 3.94. The number of benzene rings is 1. The zero-order valence-electron chi connectivity index (χ0n) is 10.3. The first-order valence-electron chi connectivity index (χ1n) is 5.78. The molecule has 2 rings (SSSR count). The number of aromatic nitrogens is 2. The third-order valence-electron chi connectivity index (χ3n) is 2.71. The minimum Gasteiger partial charge on any atom is -0.376 e. The van der Waals surface area contributed by atoms with Crippen LogP contribution in [0.15, 0.2) is 36.7 Å². The highest BCUT2D eigenvalue weighted by molar-refractivity contribution is 7.80. The second-order valence-electron chi connectivity index (χ2n) is 4.14. The molecule has 4 nitrogen and oxygen atoms in total. The van der Waals surface area contributed by atoms with Crippen LogP contribution in [0.3, 0.4) is 0 Å². The number of anilines is 1. The summed E-state index contributed by atoms with van der Waals surface area (Å²) >= 11 is 5.05. The number of nitrogens with one attached hydrogen (secondary N) is 1. The molecule has 1 aromatic heterocycles. The number of rotatable bonds is 4. The van der Waals surface area contributed by atoms with Crippen molar-refractivity contribution in [3.05, 3.63) is 47.8 Å². The Balaban J connectivity index is 2.05. The Labute approximate surface area is 112 Å². The monoisotopic (exact) mass is 260 g/mol. The van der Waals surface area contributed by atoms with Gasteiger partial charge in [-0.15, -0.1) is 0 Å². The van der Waals surface area contributed by atoms with E-state index in [1.165, 1.54) is 11.1 Å². The van der Waals surface area contributed by atoms with E-state index in [2.05, 4.69) is 41.2 Å². The number of thiocarbonyl (C=S) groups is 1. The second kappa shape index (κ2) is 5.64. The van der Waals surface area contributed by atoms with E-state index in [1.54, 1.807) is 17.3 Å². The zero-order valence-corrected chi connectivity index (χ0v) is 11.1. The van der Waals surface area contributed by atoms with Gasteiger partial charge in [0.15, 0.2) is 5.11 Å². The summed E-state index contributed by atoms with van der Waals surface area (Å²) in [7, 11) is 0. The maximum atomic E-state index is 5.72. The minimum atomic E-state index is 0.331. The first kappa shape index (κ1) is 12.6. The van der Waals surface area contributed by atoms with Crippen LogP contribution in [0.1, 0.15) is 11.1 Å². The smallest absolute Gasteiger partial charge is 0.209 e. The van der Waals surface area contributed by atoms with Crippen LogP contribution in [0.5, 0.6) is 0 Å². The van der Waals surface area contributed by atoms with Gasteiger partial charge in [0.05, 0.1) is 0 Å². The van der Waals surface area contributed by atoms with Crippen molar-refractivity contribution >= 4 is 23.3 Å². The van der Waals surface area contributed by atoms with Crippen LogP contribution < -0.4 is 10.6 Å². The van der Waals surface area contributed by atoms with E-state index in [9.17, 15) is 0 Å². The van der Waals surface area contributed by atoms with Crippen molar-refractivity contribution in [2.45, 2.75) is 13.3 Å². The van der Waals surface area contributed by atoms with E-state index < -0.39 is 0 Å². The predicted octanol–water partition coefficient (Wildman–Crippen LogP) is 2.01. The summed E-state index contributed by atoms with van der Waals surface area (Å²) in [5.41, 5.74) is 8.24. The molecule has 0 fully saturated rings. The summed E-state index contributed by atoms with van der Waals surface area (Å²) < 4.78 is 0. The van der Waals surface area contributed by atoms with Crippen LogP contribution in [-0.2, 0) is 6.42 Å². The molecular formula is C13H16N4S. The first-order valence-corrected chi connectivity index (χ1v) is 6.19. The quantitative estimate of drug-likeness (QED) is 0.826. The highest BCUT2D eigenvalue weighted by Gasteiger charge is 2.11. The molecule has 18 heavy (non-hydrogen) atoms. The van der Waals surface area contributed by atoms with Gasteiger partial charge >= 0.3 is 0 Å². The van der Waals surface area contributed by atoms with Gasteiger partial charge in [-0.2, -0.15) is 0 Å². The fraction of sp³-hybridized carbons (Fsp3) is 0.231. The third-order valence-corrected chi connectivity index (χ3v) is 2.93. The van der Waals surface area contributed by atoms with Crippen molar-refractivity contribution < 1.29 is 0 Å². The Morgan fingerprint density at radius 3 is 2.94 bits per heavy atom. The second-order valence-corrected chi connectivity index (χ2v) is 4.56. The number of imidazole rings is 1. The standard InChI is InChI=1S/C13H16N4S/c1-10-3-2-4-11(9-10)5-8-17(12(14)18)13-15-6-7-16-13/h2-4,6-7,9H,5,8H2,1H3,(H2,14,18)(H,15,16). The van der Waals surface area contributed by atoms with Gasteiger partial charge in [0.25, 0.3) is 0 Å². The Hall–Kier alpha value is -1.88. The normalized spacial score (nSPS) is 10.3. The summed E-state index contributed by atoms with van der Waals surface area (Å²) in [5, 5.41) is 0.331. The summed E-state index contributed by atoms with van der Waals surface area (Å²) in [6.45, 7) is 2.80. The van der Waals surface area contributed by atoms with Crippen LogP contribution in [-0.4, -0.2) is 21.6 Å². The first-order chi connectivity index (χ1) is 8.66. The van der Waals surface area contributed by atoms with Gasteiger partial charge in [0.1, 0.15) is 0 Å². The van der Waals surface area contributed by atoms with Crippen LogP contribution in [0.25, 0.3) is 0 Å². The lowest BCUT2D eigenvalue weighted by Gasteiger charge is -2.19. The van der Waals surface area contributed by atoms with Crippen molar-refractivity contribution in [1.29, 1.82) is 0 Å². The lowest BCUT2D eigenvalue weighted by atomic mass is 10.1. The van der Waals surface area contributed by atoms with Crippen molar-refractivity contribution in [3.8, 4) is 0 Å². The van der Waals surface area contributed by atoms with E-state index in [-0.39, 0.29) is 0 Å². The predicted molar refractivity (Wildman–Crippen MR) is 77.6 cm³/mol. The van der Waals surface area contributed by atoms with E-state index >= 15 is 0 Å². The molecule has 0 radical (unpaired) electrons. The summed E-state index contributed by atoms with van der Waals surface area (Å²) in [6.07, 6.45) is 4.32. The molecule has 0 atom stereocenters. The average molecular weight is 260 g/mol. The maximum Gasteiger partial charge on any atom is 0.209 e. The highest BCUT2D eigenvalue weighted by Crippen LogP contribution is 2.09. The zero-order chi connectivity index (χ0) is 13.0. The number of aryl methyl sites for hydroxylation is 1. The number of hydrogen-bond acceptors (Lipinski definition) is 2. The van der Waals surface area contributed by atoms with Gasteiger partial charge in [0.2, 0.25) is 5.95 Å². The minimum absolute atomic E-state index is 0.331. The SMILES string of the molecule is Cc1cccc(CCN(C(N)=S)c2ncc[nH]2)c1. The van der Waals surface area contributed by atoms with Gasteiger partial charge < -0.3 is 10.7 Å². The van der Waals surface area contributed by atoms with Crippen molar-refractivity contribution in [2.75, 3.05) is 11.4 Å². The number of H-pyrrole nitrogens is 1. The van der Waals surface area contributed by atoms with E-state index in [4.69, 9.17) is 18.0 Å². The molecule has 5 heteroatoms. The van der Waals surface area contributed by atoms with Gasteiger partial charge in [0, 0.05) is 18.9 Å². The molecule has 0 saturated carbocycles. The number of hydrogen-bond donors (Lipinski definition) is 2. The Morgan fingerprint density at radius 2 is 2.33 bits per heavy atom. The average Bonchev–Trinajstić information content (AvgIpc) is 2.82. The van der Waals surface area contributed by atoms with Crippen LogP contribution in [0, 0.1) is 6.92 Å².